The zero-order valence-electron chi connectivity index (χ0n) is 19.1. The van der Waals surface area contributed by atoms with Gasteiger partial charge in [0.05, 0.1) is 17.6 Å². The summed E-state index contributed by atoms with van der Waals surface area (Å²) in [6.45, 7) is 9.82. The fraction of sp³-hybridized carbons (Fsp3) is 0.444. The average molecular weight is 474 g/mol. The second-order valence-corrected chi connectivity index (χ2v) is 10.1. The number of likely N-dealkylation sites (tertiary alicyclic amines) is 1. The Morgan fingerprint density at radius 2 is 1.88 bits per heavy atom. The second-order valence-electron chi connectivity index (χ2n) is 9.27. The highest BCUT2D eigenvalue weighted by Gasteiger charge is 2.50. The number of hydrogen-bond acceptors (Lipinski definition) is 2. The quantitative estimate of drug-likeness (QED) is 0.412. The normalized spacial score (nSPS) is 25.4. The number of piperidine rings is 1. The van der Waals surface area contributed by atoms with Crippen molar-refractivity contribution in [1.29, 1.82) is 0 Å². The molecule has 0 radical (unpaired) electrons. The minimum Gasteiger partial charge on any atom is -0.393 e. The maximum absolute atomic E-state index is 14.1. The fourth-order valence-corrected chi connectivity index (χ4v) is 5.48. The lowest BCUT2D eigenvalue weighted by molar-refractivity contribution is -0.155. The Morgan fingerprint density at radius 3 is 2.44 bits per heavy atom. The van der Waals surface area contributed by atoms with Crippen LogP contribution in [0.3, 0.4) is 0 Å². The van der Waals surface area contributed by atoms with Gasteiger partial charge in [-0.25, -0.2) is 0 Å². The van der Waals surface area contributed by atoms with E-state index in [-0.39, 0.29) is 23.9 Å². The van der Waals surface area contributed by atoms with Crippen molar-refractivity contribution in [3.05, 3.63) is 82.4 Å². The minimum absolute atomic E-state index is 0.0422. The van der Waals surface area contributed by atoms with Crippen LogP contribution in [0.1, 0.15) is 69.5 Å². The van der Waals surface area contributed by atoms with Crippen molar-refractivity contribution in [2.24, 2.45) is 5.41 Å². The lowest BCUT2D eigenvalue weighted by Crippen LogP contribution is -2.55. The monoisotopic (exact) mass is 473 g/mol. The largest absolute Gasteiger partial charge is 0.393 e. The van der Waals surface area contributed by atoms with E-state index in [1.54, 1.807) is 6.92 Å². The zero-order chi connectivity index (χ0) is 23.5. The second kappa shape index (κ2) is 10.4. The molecule has 1 fully saturated rings. The first-order chi connectivity index (χ1) is 15.2. The highest BCUT2D eigenvalue weighted by Crippen LogP contribution is 2.52. The van der Waals surface area contributed by atoms with E-state index >= 15 is 0 Å². The van der Waals surface area contributed by atoms with Gasteiger partial charge < -0.3 is 10.0 Å². The lowest BCUT2D eigenvalue weighted by atomic mass is 9.67. The van der Waals surface area contributed by atoms with E-state index in [1.165, 1.54) is 0 Å². The molecule has 1 unspecified atom stereocenters. The van der Waals surface area contributed by atoms with Crippen LogP contribution >= 0.6 is 23.2 Å². The van der Waals surface area contributed by atoms with E-state index in [9.17, 15) is 9.90 Å². The number of halogens is 2. The first-order valence-electron chi connectivity index (χ1n) is 11.3. The van der Waals surface area contributed by atoms with Gasteiger partial charge in [-0.2, -0.15) is 0 Å². The predicted octanol–water partition coefficient (Wildman–Crippen LogP) is 7.18. The standard InChI is InChI=1S/C27H33Cl2NO2/c1-5-14-27(4)17-24(20-8-7-9-22(29)16-20)25(19-10-12-21(28)13-11-19)30(26(27)32)23(6-2)15-18(3)31/h5,7-13,16,18,23-25,31H,1,6,14-15,17H2,2-4H3/t18-,23?,24+,25+,27-/m0/s1. The van der Waals surface area contributed by atoms with Crippen molar-refractivity contribution >= 4 is 29.1 Å². The molecule has 172 valence electrons. The van der Waals surface area contributed by atoms with E-state index in [2.05, 4.69) is 19.6 Å². The van der Waals surface area contributed by atoms with Gasteiger partial charge in [-0.3, -0.25) is 4.79 Å². The first kappa shape index (κ1) is 24.8. The van der Waals surface area contributed by atoms with Crippen molar-refractivity contribution in [2.45, 2.75) is 70.6 Å². The molecule has 32 heavy (non-hydrogen) atoms. The van der Waals surface area contributed by atoms with Gasteiger partial charge in [0.15, 0.2) is 0 Å². The molecule has 0 bridgehead atoms. The molecule has 1 N–H and O–H groups in total. The lowest BCUT2D eigenvalue weighted by Gasteiger charge is -2.52. The third-order valence-corrected chi connectivity index (χ3v) is 7.15. The molecule has 1 aliphatic heterocycles. The van der Waals surface area contributed by atoms with Crippen LogP contribution in [0.25, 0.3) is 0 Å². The maximum Gasteiger partial charge on any atom is 0.229 e. The van der Waals surface area contributed by atoms with E-state index in [0.29, 0.717) is 29.3 Å². The molecule has 5 heteroatoms. The Kier molecular flexibility index (Phi) is 8.08. The molecule has 2 aromatic carbocycles. The van der Waals surface area contributed by atoms with Gasteiger partial charge in [-0.15, -0.1) is 6.58 Å². The summed E-state index contributed by atoms with van der Waals surface area (Å²) < 4.78 is 0. The van der Waals surface area contributed by atoms with Crippen LogP contribution in [-0.2, 0) is 4.79 Å². The van der Waals surface area contributed by atoms with Gasteiger partial charge in [0, 0.05) is 22.0 Å². The summed E-state index contributed by atoms with van der Waals surface area (Å²) in [4.78, 5) is 16.1. The number of nitrogens with zero attached hydrogens (tertiary/aromatic N) is 1. The Morgan fingerprint density at radius 1 is 1.19 bits per heavy atom. The van der Waals surface area contributed by atoms with Crippen LogP contribution in [0.15, 0.2) is 61.2 Å². The summed E-state index contributed by atoms with van der Waals surface area (Å²) >= 11 is 12.6. The zero-order valence-corrected chi connectivity index (χ0v) is 20.6. The maximum atomic E-state index is 14.1. The van der Waals surface area contributed by atoms with Crippen molar-refractivity contribution in [2.75, 3.05) is 0 Å². The number of carbonyl (C=O) groups is 1. The molecule has 0 aliphatic carbocycles. The summed E-state index contributed by atoms with van der Waals surface area (Å²) in [5.74, 6) is 0.156. The number of hydrogen-bond donors (Lipinski definition) is 1. The minimum atomic E-state index is -0.580. The topological polar surface area (TPSA) is 40.5 Å². The number of carbonyl (C=O) groups excluding carboxylic acids is 1. The number of aliphatic hydroxyl groups is 1. The number of amides is 1. The van der Waals surface area contributed by atoms with Gasteiger partial charge in [-0.1, -0.05) is 67.4 Å². The van der Waals surface area contributed by atoms with Crippen molar-refractivity contribution in [3.8, 4) is 0 Å². The number of rotatable bonds is 8. The van der Waals surface area contributed by atoms with E-state index in [4.69, 9.17) is 23.2 Å². The van der Waals surface area contributed by atoms with Gasteiger partial charge >= 0.3 is 0 Å². The Labute approximate surface area is 202 Å². The molecule has 3 nitrogen and oxygen atoms in total. The first-order valence-corrected chi connectivity index (χ1v) is 12.1. The fourth-order valence-electron chi connectivity index (χ4n) is 5.16. The van der Waals surface area contributed by atoms with Gasteiger partial charge in [0.25, 0.3) is 0 Å². The Hall–Kier alpha value is -1.81. The van der Waals surface area contributed by atoms with Crippen LogP contribution in [0.2, 0.25) is 10.0 Å². The molecule has 1 amide bonds. The molecule has 0 aromatic heterocycles. The average Bonchev–Trinajstić information content (AvgIpc) is 2.75. The molecule has 0 spiro atoms. The molecule has 2 aromatic rings. The molecule has 3 rings (SSSR count). The van der Waals surface area contributed by atoms with Crippen LogP contribution in [0, 0.1) is 5.41 Å². The van der Waals surface area contributed by atoms with Crippen molar-refractivity contribution in [1.82, 2.24) is 4.90 Å². The van der Waals surface area contributed by atoms with E-state index < -0.39 is 11.5 Å². The number of allylic oxidation sites excluding steroid dienone is 1. The van der Waals surface area contributed by atoms with Gasteiger partial charge in [0.1, 0.15) is 0 Å². The highest BCUT2D eigenvalue weighted by atomic mass is 35.5. The van der Waals surface area contributed by atoms with Crippen LogP contribution in [-0.4, -0.2) is 28.1 Å². The summed E-state index contributed by atoms with van der Waals surface area (Å²) in [6, 6.07) is 15.4. The van der Waals surface area contributed by atoms with Crippen molar-refractivity contribution < 1.29 is 9.90 Å². The van der Waals surface area contributed by atoms with Crippen molar-refractivity contribution in [3.63, 3.8) is 0 Å². The van der Waals surface area contributed by atoms with E-state index in [1.807, 2.05) is 60.4 Å². The Balaban J connectivity index is 2.22. The van der Waals surface area contributed by atoms with Crippen LogP contribution in [0.4, 0.5) is 0 Å². The molecule has 1 saturated heterocycles. The SMILES string of the molecule is C=CC[C@@]1(C)C[C@H](c2cccc(Cl)c2)[C@@H](c2ccc(Cl)cc2)N(C(CC)C[C@H](C)O)C1=O. The summed E-state index contributed by atoms with van der Waals surface area (Å²) in [6.07, 6.45) is 3.90. The summed E-state index contributed by atoms with van der Waals surface area (Å²) in [5, 5.41) is 11.6. The molecular weight excluding hydrogens is 441 g/mol. The van der Waals surface area contributed by atoms with Crippen LogP contribution < -0.4 is 0 Å². The Bertz CT molecular complexity index is 943. The summed E-state index contributed by atoms with van der Waals surface area (Å²) in [5.41, 5.74) is 1.57. The highest BCUT2D eigenvalue weighted by molar-refractivity contribution is 6.30. The molecule has 5 atom stereocenters. The molecule has 1 heterocycles. The van der Waals surface area contributed by atoms with E-state index in [0.717, 1.165) is 17.5 Å². The summed E-state index contributed by atoms with van der Waals surface area (Å²) in [7, 11) is 0. The smallest absolute Gasteiger partial charge is 0.229 e. The predicted molar refractivity (Wildman–Crippen MR) is 133 cm³/mol. The molecular formula is C27H33Cl2NO2. The van der Waals surface area contributed by atoms with Gasteiger partial charge in [0.2, 0.25) is 5.91 Å². The third kappa shape index (κ3) is 5.22. The molecule has 1 aliphatic rings. The van der Waals surface area contributed by atoms with Gasteiger partial charge in [-0.05, 0) is 68.0 Å². The number of benzene rings is 2. The number of aliphatic hydroxyl groups excluding tert-OH is 1. The third-order valence-electron chi connectivity index (χ3n) is 6.66. The van der Waals surface area contributed by atoms with Crippen LogP contribution in [0.5, 0.6) is 0 Å². The molecule has 0 saturated carbocycles.